The molecule has 2 aromatic carbocycles. The molecule has 1 N–H and O–H groups in total. The number of halogens is 4. The normalized spacial score (nSPS) is 11.3. The minimum atomic E-state index is -4.48. The highest BCUT2D eigenvalue weighted by molar-refractivity contribution is 6.05. The highest BCUT2D eigenvalue weighted by Crippen LogP contribution is 2.31. The number of rotatable bonds is 8. The van der Waals surface area contributed by atoms with Gasteiger partial charge in [-0.25, -0.2) is 8.78 Å². The van der Waals surface area contributed by atoms with Crippen molar-refractivity contribution in [2.75, 3.05) is 19.0 Å². The fourth-order valence-electron chi connectivity index (χ4n) is 2.26. The maximum absolute atomic E-state index is 13.0. The number of anilines is 1. The molecule has 0 aliphatic carbocycles. The SMILES string of the molecule is COc1cc(NC(=O)c2ccc(OCC(F)(F)C(F)F)c([N+](=O)[O-])c2)ccc1C. The van der Waals surface area contributed by atoms with Crippen LogP contribution in [0.4, 0.5) is 28.9 Å². The van der Waals surface area contributed by atoms with Gasteiger partial charge < -0.3 is 14.8 Å². The summed E-state index contributed by atoms with van der Waals surface area (Å²) in [6.07, 6.45) is -3.99. The van der Waals surface area contributed by atoms with Gasteiger partial charge in [0.05, 0.1) is 12.0 Å². The molecule has 0 saturated heterocycles. The number of aryl methyl sites for hydroxylation is 1. The zero-order valence-electron chi connectivity index (χ0n) is 15.2. The van der Waals surface area contributed by atoms with E-state index in [1.54, 1.807) is 25.1 Å². The lowest BCUT2D eigenvalue weighted by Crippen LogP contribution is -2.33. The number of nitrogens with zero attached hydrogens (tertiary/aromatic N) is 1. The third-order valence-electron chi connectivity index (χ3n) is 3.82. The van der Waals surface area contributed by atoms with Crippen LogP contribution >= 0.6 is 0 Å². The lowest BCUT2D eigenvalue weighted by Gasteiger charge is -2.16. The predicted octanol–water partition coefficient (Wildman–Crippen LogP) is 4.44. The summed E-state index contributed by atoms with van der Waals surface area (Å²) in [5.41, 5.74) is 0.202. The van der Waals surface area contributed by atoms with Crippen molar-refractivity contribution in [2.45, 2.75) is 19.3 Å². The van der Waals surface area contributed by atoms with Crippen molar-refractivity contribution in [2.24, 2.45) is 0 Å². The van der Waals surface area contributed by atoms with Crippen molar-refractivity contribution in [1.82, 2.24) is 0 Å². The van der Waals surface area contributed by atoms with E-state index in [1.165, 1.54) is 7.11 Å². The topological polar surface area (TPSA) is 90.7 Å². The summed E-state index contributed by atoms with van der Waals surface area (Å²) in [5.74, 6) is -5.35. The van der Waals surface area contributed by atoms with Crippen LogP contribution in [0.5, 0.6) is 11.5 Å². The summed E-state index contributed by atoms with van der Waals surface area (Å²) in [4.78, 5) is 22.6. The number of hydrogen-bond donors (Lipinski definition) is 1. The smallest absolute Gasteiger partial charge is 0.340 e. The third-order valence-corrected chi connectivity index (χ3v) is 3.82. The van der Waals surface area contributed by atoms with E-state index in [1.807, 2.05) is 0 Å². The Morgan fingerprint density at radius 3 is 2.48 bits per heavy atom. The van der Waals surface area contributed by atoms with Gasteiger partial charge in [0.1, 0.15) is 5.75 Å². The minimum Gasteiger partial charge on any atom is -0.496 e. The van der Waals surface area contributed by atoms with Gasteiger partial charge in [-0.3, -0.25) is 14.9 Å². The van der Waals surface area contributed by atoms with Crippen LogP contribution in [0.1, 0.15) is 15.9 Å². The number of nitro benzene ring substituents is 1. The molecule has 0 saturated carbocycles. The van der Waals surface area contributed by atoms with E-state index in [0.717, 1.165) is 23.8 Å². The number of hydrogen-bond acceptors (Lipinski definition) is 5. The fourth-order valence-corrected chi connectivity index (χ4v) is 2.26. The fraction of sp³-hybridized carbons (Fsp3) is 0.278. The maximum atomic E-state index is 13.0. The quantitative estimate of drug-likeness (QED) is 0.390. The monoisotopic (exact) mass is 416 g/mol. The lowest BCUT2D eigenvalue weighted by molar-refractivity contribution is -0.386. The number of ether oxygens (including phenoxy) is 2. The molecule has 156 valence electrons. The zero-order valence-corrected chi connectivity index (χ0v) is 15.2. The van der Waals surface area contributed by atoms with Gasteiger partial charge in [-0.1, -0.05) is 6.07 Å². The van der Waals surface area contributed by atoms with Gasteiger partial charge in [0.2, 0.25) is 0 Å². The maximum Gasteiger partial charge on any atom is 0.340 e. The van der Waals surface area contributed by atoms with Crippen molar-refractivity contribution in [1.29, 1.82) is 0 Å². The number of methoxy groups -OCH3 is 1. The van der Waals surface area contributed by atoms with E-state index in [4.69, 9.17) is 4.74 Å². The second-order valence-corrected chi connectivity index (χ2v) is 5.93. The molecule has 7 nitrogen and oxygen atoms in total. The highest BCUT2D eigenvalue weighted by Gasteiger charge is 2.42. The first-order chi connectivity index (χ1) is 13.5. The highest BCUT2D eigenvalue weighted by atomic mass is 19.3. The van der Waals surface area contributed by atoms with Crippen LogP contribution < -0.4 is 14.8 Å². The van der Waals surface area contributed by atoms with E-state index in [0.29, 0.717) is 11.4 Å². The largest absolute Gasteiger partial charge is 0.496 e. The number of nitrogens with one attached hydrogen (secondary N) is 1. The van der Waals surface area contributed by atoms with Gasteiger partial charge in [-0.15, -0.1) is 0 Å². The molecule has 2 aromatic rings. The van der Waals surface area contributed by atoms with Crippen LogP contribution in [0.2, 0.25) is 0 Å². The minimum absolute atomic E-state index is 0.163. The first kappa shape index (κ1) is 21.9. The Bertz CT molecular complexity index is 921. The summed E-state index contributed by atoms with van der Waals surface area (Å²) < 4.78 is 60.0. The Hall–Kier alpha value is -3.37. The molecule has 0 heterocycles. The summed E-state index contributed by atoms with van der Waals surface area (Å²) in [5, 5.41) is 13.7. The van der Waals surface area contributed by atoms with E-state index in [9.17, 15) is 32.5 Å². The first-order valence-electron chi connectivity index (χ1n) is 8.08. The Labute approximate surface area is 162 Å². The molecule has 0 spiro atoms. The summed E-state index contributed by atoms with van der Waals surface area (Å²) in [6, 6.07) is 7.61. The van der Waals surface area contributed by atoms with Crippen LogP contribution in [0.15, 0.2) is 36.4 Å². The van der Waals surface area contributed by atoms with E-state index >= 15 is 0 Å². The molecular weight excluding hydrogens is 400 g/mol. The molecule has 0 bridgehead atoms. The van der Waals surface area contributed by atoms with Gasteiger partial charge in [0.15, 0.2) is 12.4 Å². The molecular formula is C18H16F4N2O5. The Morgan fingerprint density at radius 1 is 1.21 bits per heavy atom. The van der Waals surface area contributed by atoms with Gasteiger partial charge in [0, 0.05) is 23.4 Å². The van der Waals surface area contributed by atoms with Crippen molar-refractivity contribution in [3.63, 3.8) is 0 Å². The second-order valence-electron chi connectivity index (χ2n) is 5.93. The standard InChI is InChI=1S/C18H16F4N2O5/c1-10-3-5-12(8-15(10)28-2)23-16(25)11-4-6-14(13(7-11)24(26)27)29-9-18(21,22)17(19)20/h3-8,17H,9H2,1-2H3,(H,23,25). The number of nitro groups is 1. The van der Waals surface area contributed by atoms with Crippen molar-refractivity contribution >= 4 is 17.3 Å². The molecule has 29 heavy (non-hydrogen) atoms. The Kier molecular flexibility index (Phi) is 6.62. The van der Waals surface area contributed by atoms with Crippen LogP contribution in [-0.4, -0.2) is 36.9 Å². The molecule has 1 amide bonds. The van der Waals surface area contributed by atoms with E-state index in [2.05, 4.69) is 10.1 Å². The molecule has 0 atom stereocenters. The molecule has 0 aromatic heterocycles. The summed E-state index contributed by atoms with van der Waals surface area (Å²) >= 11 is 0. The average molecular weight is 416 g/mol. The zero-order chi connectivity index (χ0) is 21.8. The molecule has 0 unspecified atom stereocenters. The Balaban J connectivity index is 2.22. The predicted molar refractivity (Wildman–Crippen MR) is 95.2 cm³/mol. The number of amides is 1. The average Bonchev–Trinajstić information content (AvgIpc) is 2.67. The number of alkyl halides is 4. The van der Waals surface area contributed by atoms with E-state index < -0.39 is 41.2 Å². The third kappa shape index (κ3) is 5.33. The Morgan fingerprint density at radius 2 is 1.90 bits per heavy atom. The van der Waals surface area contributed by atoms with Crippen LogP contribution in [0.25, 0.3) is 0 Å². The number of carbonyl (C=O) groups excluding carboxylic acids is 1. The molecule has 2 rings (SSSR count). The molecule has 11 heteroatoms. The van der Waals surface area contributed by atoms with Gasteiger partial charge in [0.25, 0.3) is 5.91 Å². The van der Waals surface area contributed by atoms with E-state index in [-0.39, 0.29) is 5.56 Å². The van der Waals surface area contributed by atoms with Crippen LogP contribution in [0, 0.1) is 17.0 Å². The van der Waals surface area contributed by atoms with Crippen molar-refractivity contribution in [3.8, 4) is 11.5 Å². The molecule has 0 aliphatic rings. The van der Waals surface area contributed by atoms with Crippen molar-refractivity contribution in [3.05, 3.63) is 57.6 Å². The second kappa shape index (κ2) is 8.76. The van der Waals surface area contributed by atoms with Gasteiger partial charge >= 0.3 is 18.0 Å². The number of benzene rings is 2. The van der Waals surface area contributed by atoms with Gasteiger partial charge in [-0.05, 0) is 30.7 Å². The number of carbonyl (C=O) groups is 1. The van der Waals surface area contributed by atoms with Crippen molar-refractivity contribution < 1.29 is 36.8 Å². The summed E-state index contributed by atoms with van der Waals surface area (Å²) in [7, 11) is 1.45. The first-order valence-corrected chi connectivity index (χ1v) is 8.08. The van der Waals surface area contributed by atoms with Crippen LogP contribution in [-0.2, 0) is 0 Å². The molecule has 0 fully saturated rings. The van der Waals surface area contributed by atoms with Crippen LogP contribution in [0.3, 0.4) is 0 Å². The molecule has 0 aliphatic heterocycles. The lowest BCUT2D eigenvalue weighted by atomic mass is 10.1. The summed E-state index contributed by atoms with van der Waals surface area (Å²) in [6.45, 7) is 0.0459. The molecule has 0 radical (unpaired) electrons. The van der Waals surface area contributed by atoms with Gasteiger partial charge in [-0.2, -0.15) is 8.78 Å².